The van der Waals surface area contributed by atoms with E-state index in [0.29, 0.717) is 30.3 Å². The largest absolute Gasteiger partial charge is 0.388 e. The van der Waals surface area contributed by atoms with Crippen molar-refractivity contribution < 1.29 is 9.84 Å². The van der Waals surface area contributed by atoms with Crippen molar-refractivity contribution in [3.05, 3.63) is 33.3 Å². The first-order valence-corrected chi connectivity index (χ1v) is 6.67. The van der Waals surface area contributed by atoms with Gasteiger partial charge in [0.25, 0.3) is 0 Å². The first kappa shape index (κ1) is 13.3. The highest BCUT2D eigenvalue weighted by atomic mass is 79.9. The molecule has 94 valence electrons. The molecule has 1 heterocycles. The minimum atomic E-state index is -0.685. The highest BCUT2D eigenvalue weighted by Crippen LogP contribution is 2.42. The number of nitrogens with two attached hydrogens (primary N) is 1. The zero-order valence-corrected chi connectivity index (χ0v) is 11.7. The van der Waals surface area contributed by atoms with Crippen LogP contribution in [-0.4, -0.2) is 24.9 Å². The minimum absolute atomic E-state index is 0.389. The van der Waals surface area contributed by atoms with E-state index in [1.165, 1.54) is 0 Å². The summed E-state index contributed by atoms with van der Waals surface area (Å²) in [5, 5.41) is 11.0. The van der Waals surface area contributed by atoms with Gasteiger partial charge in [-0.3, -0.25) is 0 Å². The molecule has 0 radical (unpaired) electrons. The Kier molecular flexibility index (Phi) is 4.10. The molecule has 1 aromatic rings. The fourth-order valence-electron chi connectivity index (χ4n) is 2.16. The molecule has 0 aliphatic carbocycles. The number of hydrogen-bond acceptors (Lipinski definition) is 3. The molecule has 2 rings (SSSR count). The number of hydrogen-bond donors (Lipinski definition) is 2. The number of rotatable bonds is 3. The zero-order chi connectivity index (χ0) is 12.5. The van der Waals surface area contributed by atoms with Crippen molar-refractivity contribution >= 4 is 27.5 Å². The van der Waals surface area contributed by atoms with Crippen molar-refractivity contribution in [3.63, 3.8) is 0 Å². The second kappa shape index (κ2) is 5.24. The van der Waals surface area contributed by atoms with Crippen LogP contribution in [0.5, 0.6) is 0 Å². The number of ether oxygens (including phenoxy) is 1. The SMILES string of the molecule is NCC1(C(O)c2ccc(Br)cc2Cl)CCOC1. The van der Waals surface area contributed by atoms with Crippen molar-refractivity contribution in [3.8, 4) is 0 Å². The number of benzene rings is 1. The summed E-state index contributed by atoms with van der Waals surface area (Å²) in [5.74, 6) is 0. The first-order chi connectivity index (χ1) is 8.09. The third-order valence-electron chi connectivity index (χ3n) is 3.38. The van der Waals surface area contributed by atoms with E-state index in [1.807, 2.05) is 12.1 Å². The lowest BCUT2D eigenvalue weighted by Crippen LogP contribution is -2.37. The van der Waals surface area contributed by atoms with E-state index in [-0.39, 0.29) is 0 Å². The van der Waals surface area contributed by atoms with E-state index >= 15 is 0 Å². The molecule has 5 heteroatoms. The lowest BCUT2D eigenvalue weighted by atomic mass is 9.78. The lowest BCUT2D eigenvalue weighted by molar-refractivity contribution is 0.0191. The van der Waals surface area contributed by atoms with Crippen molar-refractivity contribution in [1.82, 2.24) is 0 Å². The van der Waals surface area contributed by atoms with Crippen LogP contribution in [0.1, 0.15) is 18.1 Å². The fourth-order valence-corrected chi connectivity index (χ4v) is 2.94. The molecule has 0 spiro atoms. The highest BCUT2D eigenvalue weighted by Gasteiger charge is 2.42. The Hall–Kier alpha value is -0.130. The molecule has 1 saturated heterocycles. The van der Waals surface area contributed by atoms with Crippen molar-refractivity contribution in [2.45, 2.75) is 12.5 Å². The summed E-state index contributed by atoms with van der Waals surface area (Å²) >= 11 is 9.49. The third-order valence-corrected chi connectivity index (χ3v) is 4.20. The van der Waals surface area contributed by atoms with Gasteiger partial charge in [0, 0.05) is 28.1 Å². The van der Waals surface area contributed by atoms with Crippen LogP contribution in [0, 0.1) is 5.41 Å². The molecule has 0 saturated carbocycles. The molecule has 17 heavy (non-hydrogen) atoms. The van der Waals surface area contributed by atoms with E-state index < -0.39 is 11.5 Å². The molecule has 0 bridgehead atoms. The van der Waals surface area contributed by atoms with Crippen LogP contribution in [0.25, 0.3) is 0 Å². The van der Waals surface area contributed by atoms with Crippen LogP contribution < -0.4 is 5.73 Å². The molecule has 1 aliphatic rings. The Morgan fingerprint density at radius 3 is 2.88 bits per heavy atom. The van der Waals surface area contributed by atoms with Gasteiger partial charge in [-0.1, -0.05) is 33.6 Å². The summed E-state index contributed by atoms with van der Waals surface area (Å²) in [6.07, 6.45) is 0.0763. The minimum Gasteiger partial charge on any atom is -0.388 e. The number of aliphatic hydroxyl groups is 1. The van der Waals surface area contributed by atoms with Gasteiger partial charge in [-0.15, -0.1) is 0 Å². The van der Waals surface area contributed by atoms with E-state index in [4.69, 9.17) is 22.1 Å². The monoisotopic (exact) mass is 319 g/mol. The van der Waals surface area contributed by atoms with Crippen LogP contribution in [0.4, 0.5) is 0 Å². The maximum atomic E-state index is 10.5. The van der Waals surface area contributed by atoms with Crippen LogP contribution in [0.2, 0.25) is 5.02 Å². The van der Waals surface area contributed by atoms with E-state index in [0.717, 1.165) is 10.9 Å². The molecule has 0 amide bonds. The van der Waals surface area contributed by atoms with Gasteiger partial charge >= 0.3 is 0 Å². The van der Waals surface area contributed by atoms with Crippen LogP contribution in [-0.2, 0) is 4.74 Å². The molecule has 2 unspecified atom stereocenters. The van der Waals surface area contributed by atoms with Gasteiger partial charge in [0.15, 0.2) is 0 Å². The normalized spacial score (nSPS) is 26.1. The van der Waals surface area contributed by atoms with E-state index in [9.17, 15) is 5.11 Å². The summed E-state index contributed by atoms with van der Waals surface area (Å²) in [6.45, 7) is 1.51. The Morgan fingerprint density at radius 2 is 2.35 bits per heavy atom. The Morgan fingerprint density at radius 1 is 1.59 bits per heavy atom. The smallest absolute Gasteiger partial charge is 0.0895 e. The molecule has 0 aromatic heterocycles. The summed E-state index contributed by atoms with van der Waals surface area (Å²) in [7, 11) is 0. The van der Waals surface area contributed by atoms with Crippen molar-refractivity contribution in [2.75, 3.05) is 19.8 Å². The summed E-state index contributed by atoms with van der Waals surface area (Å²) in [6, 6.07) is 5.47. The van der Waals surface area contributed by atoms with Gasteiger partial charge in [-0.05, 0) is 24.1 Å². The van der Waals surface area contributed by atoms with Crippen molar-refractivity contribution in [1.29, 1.82) is 0 Å². The lowest BCUT2D eigenvalue weighted by Gasteiger charge is -2.32. The maximum absolute atomic E-state index is 10.5. The average Bonchev–Trinajstić information content (AvgIpc) is 2.78. The number of aliphatic hydroxyl groups excluding tert-OH is 1. The van der Waals surface area contributed by atoms with Gasteiger partial charge in [0.2, 0.25) is 0 Å². The predicted octanol–water partition coefficient (Wildman–Crippen LogP) is 2.50. The molecular formula is C12H15BrClNO2. The van der Waals surface area contributed by atoms with E-state index in [2.05, 4.69) is 15.9 Å². The highest BCUT2D eigenvalue weighted by molar-refractivity contribution is 9.10. The molecule has 1 aliphatic heterocycles. The molecular weight excluding hydrogens is 305 g/mol. The van der Waals surface area contributed by atoms with Gasteiger partial charge in [-0.2, -0.15) is 0 Å². The van der Waals surface area contributed by atoms with Crippen LogP contribution >= 0.6 is 27.5 Å². The second-order valence-corrected chi connectivity index (χ2v) is 5.76. The molecule has 3 nitrogen and oxygen atoms in total. The van der Waals surface area contributed by atoms with Crippen LogP contribution in [0.15, 0.2) is 22.7 Å². The van der Waals surface area contributed by atoms with Crippen molar-refractivity contribution in [2.24, 2.45) is 11.1 Å². The van der Waals surface area contributed by atoms with Gasteiger partial charge < -0.3 is 15.6 Å². The Labute approximate surface area is 114 Å². The average molecular weight is 321 g/mol. The Bertz CT molecular complexity index is 407. The van der Waals surface area contributed by atoms with Gasteiger partial charge in [0.1, 0.15) is 0 Å². The van der Waals surface area contributed by atoms with Gasteiger partial charge in [0.05, 0.1) is 12.7 Å². The fraction of sp³-hybridized carbons (Fsp3) is 0.500. The van der Waals surface area contributed by atoms with Gasteiger partial charge in [-0.25, -0.2) is 0 Å². The quantitative estimate of drug-likeness (QED) is 0.900. The Balaban J connectivity index is 2.32. The molecule has 3 N–H and O–H groups in total. The molecule has 1 fully saturated rings. The number of halogens is 2. The summed E-state index contributed by atoms with van der Waals surface area (Å²) in [5.41, 5.74) is 6.10. The first-order valence-electron chi connectivity index (χ1n) is 5.50. The van der Waals surface area contributed by atoms with E-state index in [1.54, 1.807) is 6.07 Å². The second-order valence-electron chi connectivity index (χ2n) is 4.44. The zero-order valence-electron chi connectivity index (χ0n) is 9.33. The summed E-state index contributed by atoms with van der Waals surface area (Å²) < 4.78 is 6.26. The third kappa shape index (κ3) is 2.51. The van der Waals surface area contributed by atoms with Crippen LogP contribution in [0.3, 0.4) is 0 Å². The molecule has 2 atom stereocenters. The predicted molar refractivity (Wildman–Crippen MR) is 71.0 cm³/mol. The topological polar surface area (TPSA) is 55.5 Å². The standard InChI is InChI=1S/C12H15BrClNO2/c13-8-1-2-9(10(14)5-8)11(16)12(6-15)3-4-17-7-12/h1-2,5,11,16H,3-4,6-7,15H2. The maximum Gasteiger partial charge on any atom is 0.0895 e. The molecule has 1 aromatic carbocycles. The summed E-state index contributed by atoms with van der Waals surface area (Å²) in [4.78, 5) is 0.